The van der Waals surface area contributed by atoms with Crippen LogP contribution in [0.5, 0.6) is 0 Å². The van der Waals surface area contributed by atoms with Crippen molar-refractivity contribution >= 4 is 18.1 Å². The highest BCUT2D eigenvalue weighted by atomic mass is 16.7. The molecule has 0 aromatic heterocycles. The lowest BCUT2D eigenvalue weighted by atomic mass is 9.79. The van der Waals surface area contributed by atoms with Crippen molar-refractivity contribution < 1.29 is 42.9 Å². The predicted octanol–water partition coefficient (Wildman–Crippen LogP) is 2.36. The van der Waals surface area contributed by atoms with Crippen LogP contribution >= 0.6 is 0 Å². The molecule has 2 saturated heterocycles. The second-order valence-corrected chi connectivity index (χ2v) is 8.59. The molecule has 2 fully saturated rings. The van der Waals surface area contributed by atoms with E-state index in [-0.39, 0.29) is 60.8 Å². The molecule has 0 aliphatic carbocycles. The minimum Gasteiger partial charge on any atom is -0.463 e. The maximum atomic E-state index is 11.7. The lowest BCUT2D eigenvalue weighted by molar-refractivity contribution is -0.309. The minimum atomic E-state index is -0.499. The smallest absolute Gasteiger partial charge is 0.373 e. The third-order valence-electron chi connectivity index (χ3n) is 6.50. The second-order valence-electron chi connectivity index (χ2n) is 8.59. The highest BCUT2D eigenvalue weighted by Gasteiger charge is 2.47. The first-order valence-corrected chi connectivity index (χ1v) is 10.7. The van der Waals surface area contributed by atoms with E-state index in [0.717, 1.165) is 0 Å². The summed E-state index contributed by atoms with van der Waals surface area (Å²) in [5.74, 6) is -0.00801. The highest BCUT2D eigenvalue weighted by molar-refractivity contribution is 5.66. The molecule has 10 atom stereocenters. The molecule has 2 rings (SSSR count). The van der Waals surface area contributed by atoms with Gasteiger partial charge in [0.1, 0.15) is 18.8 Å². The highest BCUT2D eigenvalue weighted by Crippen LogP contribution is 2.38. The molecule has 4 unspecified atom stereocenters. The summed E-state index contributed by atoms with van der Waals surface area (Å²) in [6.45, 7) is 15.3. The first kappa shape index (κ1) is 27.2. The predicted molar refractivity (Wildman–Crippen MR) is 107 cm³/mol. The number of esters is 2. The normalized spacial score (nSPS) is 40.0. The fourth-order valence-electron chi connectivity index (χ4n) is 4.11. The monoisotopic (exact) mass is 444 g/mol. The van der Waals surface area contributed by atoms with Gasteiger partial charge in [0.25, 0.3) is 0 Å². The van der Waals surface area contributed by atoms with Crippen molar-refractivity contribution in [3.8, 4) is 0 Å². The summed E-state index contributed by atoms with van der Waals surface area (Å²) < 4.78 is 29.4. The average molecular weight is 445 g/mol. The van der Waals surface area contributed by atoms with Crippen LogP contribution in [0.3, 0.4) is 0 Å². The molecule has 2 aliphatic heterocycles. The van der Waals surface area contributed by atoms with Gasteiger partial charge < -0.3 is 23.7 Å². The van der Waals surface area contributed by atoms with Crippen LogP contribution in [0.25, 0.3) is 0 Å². The van der Waals surface area contributed by atoms with E-state index in [2.05, 4.69) is 20.8 Å². The fourth-order valence-corrected chi connectivity index (χ4v) is 4.11. The topological polar surface area (TPSA) is 114 Å². The summed E-state index contributed by atoms with van der Waals surface area (Å²) in [6.07, 6.45) is -1.62. The molecule has 9 nitrogen and oxygen atoms in total. The molecule has 0 saturated carbocycles. The Labute approximate surface area is 184 Å². The Bertz CT molecular complexity index is 630. The Morgan fingerprint density at radius 2 is 1.35 bits per heavy atom. The van der Waals surface area contributed by atoms with Crippen LogP contribution < -0.4 is 0 Å². The molecule has 0 aromatic carbocycles. The summed E-state index contributed by atoms with van der Waals surface area (Å²) in [5, 5.41) is 0. The molecule has 0 N–H and O–H groups in total. The molecule has 31 heavy (non-hydrogen) atoms. The summed E-state index contributed by atoms with van der Waals surface area (Å²) in [7, 11) is 0. The molecular formula is C22H36O9. The van der Waals surface area contributed by atoms with Gasteiger partial charge in [-0.15, -0.1) is 0 Å². The molecule has 178 valence electrons. The van der Waals surface area contributed by atoms with Gasteiger partial charge in [-0.25, -0.2) is 0 Å². The van der Waals surface area contributed by atoms with Crippen molar-refractivity contribution in [1.82, 2.24) is 0 Å². The van der Waals surface area contributed by atoms with Crippen LogP contribution in [0.4, 0.5) is 0 Å². The molecule has 0 spiro atoms. The third kappa shape index (κ3) is 7.38. The number of carbonyl (C=O) groups is 2. The van der Waals surface area contributed by atoms with Gasteiger partial charge in [0.15, 0.2) is 6.29 Å². The van der Waals surface area contributed by atoms with Crippen LogP contribution in [-0.2, 0) is 42.9 Å². The number of rotatable bonds is 5. The Balaban J connectivity index is 0.00000151. The van der Waals surface area contributed by atoms with E-state index in [1.807, 2.05) is 20.8 Å². The molecule has 2 aliphatic rings. The summed E-state index contributed by atoms with van der Waals surface area (Å²) in [6, 6.07) is 0. The maximum absolute atomic E-state index is 11.7. The third-order valence-corrected chi connectivity index (χ3v) is 6.50. The number of hydrogen-bond donors (Lipinski definition) is 0. The van der Waals surface area contributed by atoms with E-state index in [0.29, 0.717) is 5.92 Å². The van der Waals surface area contributed by atoms with Crippen LogP contribution in [0, 0.1) is 23.7 Å². The average Bonchev–Trinajstić information content (AvgIpc) is 2.68. The molecule has 0 radical (unpaired) electrons. The van der Waals surface area contributed by atoms with Crippen LogP contribution in [0.1, 0.15) is 55.4 Å². The van der Waals surface area contributed by atoms with Gasteiger partial charge in [0.05, 0.1) is 18.3 Å². The Morgan fingerprint density at radius 3 is 1.87 bits per heavy atom. The number of hydrogen-bond acceptors (Lipinski definition) is 9. The van der Waals surface area contributed by atoms with Crippen LogP contribution in [0.2, 0.25) is 0 Å². The lowest BCUT2D eigenvalue weighted by Gasteiger charge is -2.48. The van der Waals surface area contributed by atoms with Gasteiger partial charge in [-0.3, -0.25) is 9.59 Å². The SMILES string of the molecule is CC(=O)OCC1O[C@@H](O[C@@H]2C(C)O[C@@H](C)C(C)[C@@H]2OC(C)=O)C(C)[C@@H](C)[C@@H]1C.O=C=O. The second kappa shape index (κ2) is 12.3. The van der Waals surface area contributed by atoms with Crippen molar-refractivity contribution in [1.29, 1.82) is 0 Å². The Hall–Kier alpha value is -1.80. The zero-order valence-corrected chi connectivity index (χ0v) is 19.7. The van der Waals surface area contributed by atoms with E-state index in [4.69, 9.17) is 33.3 Å². The minimum absolute atomic E-state index is 0.00260. The van der Waals surface area contributed by atoms with E-state index in [1.165, 1.54) is 13.8 Å². The van der Waals surface area contributed by atoms with Crippen molar-refractivity contribution in [2.75, 3.05) is 6.61 Å². The Morgan fingerprint density at radius 1 is 0.774 bits per heavy atom. The van der Waals surface area contributed by atoms with Gasteiger partial charge >= 0.3 is 18.1 Å². The van der Waals surface area contributed by atoms with E-state index in [9.17, 15) is 9.59 Å². The molecule has 0 aromatic rings. The summed E-state index contributed by atoms with van der Waals surface area (Å²) in [4.78, 5) is 39.1. The Kier molecular flexibility index (Phi) is 10.8. The van der Waals surface area contributed by atoms with Crippen molar-refractivity contribution in [3.05, 3.63) is 0 Å². The van der Waals surface area contributed by atoms with E-state index >= 15 is 0 Å². The van der Waals surface area contributed by atoms with Crippen LogP contribution in [-0.4, -0.2) is 61.5 Å². The fraction of sp³-hybridized carbons (Fsp3) is 0.864. The zero-order valence-electron chi connectivity index (χ0n) is 19.7. The first-order valence-electron chi connectivity index (χ1n) is 10.7. The number of carbonyl (C=O) groups excluding carboxylic acids is 4. The van der Waals surface area contributed by atoms with Crippen molar-refractivity contribution in [2.45, 2.75) is 92.2 Å². The standard InChI is InChI=1S/C21H36O7.CO2/c1-10-11(2)18(9-24-16(7)22)27-21(12(10)3)28-20-15(6)25-14(5)13(4)19(20)26-17(8)23;2-1-3/h10-15,18-21H,9H2,1-8H3;/t10-,11-,12?,13?,14-,15?,18?,19-,20+,21-;/m0./s1. The van der Waals surface area contributed by atoms with Gasteiger partial charge in [-0.1, -0.05) is 27.7 Å². The first-order chi connectivity index (χ1) is 14.4. The lowest BCUT2D eigenvalue weighted by Crippen LogP contribution is -2.57. The maximum Gasteiger partial charge on any atom is 0.373 e. The van der Waals surface area contributed by atoms with E-state index in [1.54, 1.807) is 0 Å². The quantitative estimate of drug-likeness (QED) is 0.589. The van der Waals surface area contributed by atoms with Gasteiger partial charge in [-0.05, 0) is 25.7 Å². The molecule has 9 heteroatoms. The number of ether oxygens (including phenoxy) is 5. The van der Waals surface area contributed by atoms with Crippen molar-refractivity contribution in [2.24, 2.45) is 23.7 Å². The van der Waals surface area contributed by atoms with Crippen LogP contribution in [0.15, 0.2) is 0 Å². The van der Waals surface area contributed by atoms with Gasteiger partial charge in [-0.2, -0.15) is 9.59 Å². The molecule has 0 bridgehead atoms. The van der Waals surface area contributed by atoms with Gasteiger partial charge in [0.2, 0.25) is 0 Å². The zero-order chi connectivity index (χ0) is 23.9. The molecule has 0 amide bonds. The van der Waals surface area contributed by atoms with Gasteiger partial charge in [0, 0.05) is 25.7 Å². The molecule has 2 heterocycles. The van der Waals surface area contributed by atoms with Crippen molar-refractivity contribution in [3.63, 3.8) is 0 Å². The van der Waals surface area contributed by atoms with E-state index < -0.39 is 18.5 Å². The summed E-state index contributed by atoms with van der Waals surface area (Å²) >= 11 is 0. The molecular weight excluding hydrogens is 408 g/mol. The summed E-state index contributed by atoms with van der Waals surface area (Å²) in [5.41, 5.74) is 0. The largest absolute Gasteiger partial charge is 0.463 e.